The minimum atomic E-state index is -1.03. The molecule has 0 heterocycles. The van der Waals surface area contributed by atoms with Crippen LogP contribution in [0.2, 0.25) is 0 Å². The topological polar surface area (TPSA) is 40.1 Å². The Hall–Kier alpha value is -1.35. The first kappa shape index (κ1) is 9.74. The molecule has 0 aliphatic rings. The van der Waals surface area contributed by atoms with Crippen LogP contribution < -0.4 is 9.59 Å². The molecule has 0 aromatic heterocycles. The van der Waals surface area contributed by atoms with Crippen molar-refractivity contribution in [1.82, 2.24) is 4.48 Å². The first-order valence-electron chi connectivity index (χ1n) is 4.11. The smallest absolute Gasteiger partial charge is 0.132 e. The number of rotatable bonds is 3. The summed E-state index contributed by atoms with van der Waals surface area (Å²) in [6, 6.07) is 9.50. The molecule has 0 fully saturated rings. The monoisotopic (exact) mass is 179 g/mol. The standard InChI is InChI=1S/C10H13NO2/c1-11(2,8-10(12)13)9-6-4-3-5-7-9/h3-7H,8H2,1-2H3. The summed E-state index contributed by atoms with van der Waals surface area (Å²) < 4.78 is 0.309. The van der Waals surface area contributed by atoms with E-state index in [0.29, 0.717) is 4.48 Å². The van der Waals surface area contributed by atoms with Gasteiger partial charge in [0.2, 0.25) is 0 Å². The Morgan fingerprint density at radius 2 is 1.85 bits per heavy atom. The van der Waals surface area contributed by atoms with Crippen molar-refractivity contribution in [1.29, 1.82) is 0 Å². The number of aliphatic carboxylic acids is 1. The summed E-state index contributed by atoms with van der Waals surface area (Å²) in [5.74, 6) is -1.03. The number of carbonyl (C=O) groups excluding carboxylic acids is 1. The number of para-hydroxylation sites is 1. The van der Waals surface area contributed by atoms with Gasteiger partial charge in [0.1, 0.15) is 12.2 Å². The molecule has 0 amide bonds. The molecule has 0 N–H and O–H groups in total. The van der Waals surface area contributed by atoms with Crippen LogP contribution in [0.15, 0.2) is 30.3 Å². The minimum absolute atomic E-state index is 0.00991. The van der Waals surface area contributed by atoms with Crippen molar-refractivity contribution in [3.8, 4) is 0 Å². The van der Waals surface area contributed by atoms with Gasteiger partial charge in [0, 0.05) is 0 Å². The van der Waals surface area contributed by atoms with E-state index in [1.807, 2.05) is 44.4 Å². The average molecular weight is 179 g/mol. The van der Waals surface area contributed by atoms with E-state index in [4.69, 9.17) is 0 Å². The summed E-state index contributed by atoms with van der Waals surface area (Å²) in [5, 5.41) is 10.5. The molecule has 1 aromatic rings. The molecule has 0 saturated heterocycles. The lowest BCUT2D eigenvalue weighted by Gasteiger charge is -2.29. The van der Waals surface area contributed by atoms with E-state index in [1.54, 1.807) is 0 Å². The summed E-state index contributed by atoms with van der Waals surface area (Å²) in [7, 11) is 3.68. The highest BCUT2D eigenvalue weighted by atomic mass is 16.4. The van der Waals surface area contributed by atoms with Gasteiger partial charge in [-0.25, -0.2) is 0 Å². The van der Waals surface area contributed by atoms with Gasteiger partial charge in [0.25, 0.3) is 0 Å². The van der Waals surface area contributed by atoms with E-state index < -0.39 is 5.97 Å². The van der Waals surface area contributed by atoms with Crippen LogP contribution in [0.1, 0.15) is 0 Å². The number of hydrogen-bond donors (Lipinski definition) is 0. The number of carboxylic acid groups (broad SMARTS) is 1. The summed E-state index contributed by atoms with van der Waals surface area (Å²) in [6.07, 6.45) is 0. The largest absolute Gasteiger partial charge is 0.544 e. The van der Waals surface area contributed by atoms with Gasteiger partial charge in [-0.05, 0) is 12.1 Å². The van der Waals surface area contributed by atoms with E-state index in [2.05, 4.69) is 0 Å². The number of carboxylic acids is 1. The number of carbonyl (C=O) groups is 1. The Morgan fingerprint density at radius 1 is 1.31 bits per heavy atom. The van der Waals surface area contributed by atoms with Crippen molar-refractivity contribution in [3.05, 3.63) is 30.3 Å². The number of nitrogens with zero attached hydrogens (tertiary/aromatic N) is 1. The van der Waals surface area contributed by atoms with Crippen molar-refractivity contribution < 1.29 is 9.90 Å². The van der Waals surface area contributed by atoms with E-state index in [9.17, 15) is 9.90 Å². The lowest BCUT2D eigenvalue weighted by molar-refractivity contribution is -0.305. The molecule has 70 valence electrons. The molecular formula is C10H13NO2. The molecule has 1 rings (SSSR count). The molecule has 0 aliphatic carbocycles. The Kier molecular flexibility index (Phi) is 2.68. The maximum absolute atomic E-state index is 10.5. The fraction of sp³-hybridized carbons (Fsp3) is 0.300. The third-order valence-electron chi connectivity index (χ3n) is 1.98. The molecule has 0 radical (unpaired) electrons. The maximum Gasteiger partial charge on any atom is 0.132 e. The van der Waals surface area contributed by atoms with Crippen LogP contribution >= 0.6 is 0 Å². The van der Waals surface area contributed by atoms with E-state index in [0.717, 1.165) is 5.69 Å². The van der Waals surface area contributed by atoms with Gasteiger partial charge in [-0.15, -0.1) is 0 Å². The highest BCUT2D eigenvalue weighted by Gasteiger charge is 2.17. The summed E-state index contributed by atoms with van der Waals surface area (Å²) in [4.78, 5) is 10.5. The highest BCUT2D eigenvalue weighted by Crippen LogP contribution is 2.16. The van der Waals surface area contributed by atoms with Gasteiger partial charge in [-0.1, -0.05) is 18.2 Å². The molecule has 0 aliphatic heterocycles. The summed E-state index contributed by atoms with van der Waals surface area (Å²) in [5.41, 5.74) is 0.965. The molecule has 0 unspecified atom stereocenters. The van der Waals surface area contributed by atoms with Crippen molar-refractivity contribution >= 4 is 11.7 Å². The predicted molar refractivity (Wildman–Crippen MR) is 50.0 cm³/mol. The van der Waals surface area contributed by atoms with Crippen molar-refractivity contribution in [2.24, 2.45) is 0 Å². The van der Waals surface area contributed by atoms with Gasteiger partial charge >= 0.3 is 0 Å². The lowest BCUT2D eigenvalue weighted by Crippen LogP contribution is -2.49. The average Bonchev–Trinajstić information content (AvgIpc) is 2.04. The first-order valence-corrected chi connectivity index (χ1v) is 4.11. The first-order chi connectivity index (χ1) is 6.02. The van der Waals surface area contributed by atoms with Crippen LogP contribution in [0.4, 0.5) is 5.69 Å². The number of hydrogen-bond acceptors (Lipinski definition) is 2. The molecule has 0 saturated carbocycles. The van der Waals surface area contributed by atoms with Gasteiger partial charge in [0.05, 0.1) is 20.1 Å². The van der Waals surface area contributed by atoms with E-state index >= 15 is 0 Å². The van der Waals surface area contributed by atoms with Crippen molar-refractivity contribution in [3.63, 3.8) is 0 Å². The van der Waals surface area contributed by atoms with Gasteiger partial charge in [-0.3, -0.25) is 4.48 Å². The van der Waals surface area contributed by atoms with Gasteiger partial charge in [0.15, 0.2) is 0 Å². The molecule has 0 atom stereocenters. The molecule has 3 heteroatoms. The Balaban J connectivity index is 2.87. The number of likely N-dealkylation sites (N-methyl/N-ethyl adjacent to an activating group) is 1. The van der Waals surface area contributed by atoms with E-state index in [1.165, 1.54) is 0 Å². The number of benzene rings is 1. The van der Waals surface area contributed by atoms with Crippen molar-refractivity contribution in [2.75, 3.05) is 20.6 Å². The second kappa shape index (κ2) is 3.58. The maximum atomic E-state index is 10.5. The Labute approximate surface area is 77.8 Å². The van der Waals surface area contributed by atoms with Gasteiger partial charge < -0.3 is 9.90 Å². The molecule has 3 nitrogen and oxygen atoms in total. The van der Waals surface area contributed by atoms with Crippen LogP contribution in [-0.4, -0.2) is 26.6 Å². The Morgan fingerprint density at radius 3 is 2.31 bits per heavy atom. The lowest BCUT2D eigenvalue weighted by atomic mass is 10.2. The van der Waals surface area contributed by atoms with Crippen LogP contribution in [0, 0.1) is 0 Å². The fourth-order valence-corrected chi connectivity index (χ4v) is 1.25. The van der Waals surface area contributed by atoms with Crippen LogP contribution in [0.5, 0.6) is 0 Å². The molecular weight excluding hydrogens is 166 g/mol. The second-order valence-electron chi connectivity index (χ2n) is 3.55. The predicted octanol–water partition coefficient (Wildman–Crippen LogP) is 0.00340. The third-order valence-corrected chi connectivity index (χ3v) is 1.98. The zero-order valence-corrected chi connectivity index (χ0v) is 7.86. The SMILES string of the molecule is C[N+](C)(CC(=O)[O-])c1ccccc1. The van der Waals surface area contributed by atoms with Crippen molar-refractivity contribution in [2.45, 2.75) is 0 Å². The second-order valence-corrected chi connectivity index (χ2v) is 3.55. The van der Waals surface area contributed by atoms with Crippen LogP contribution in [0.3, 0.4) is 0 Å². The number of quaternary nitrogens is 1. The summed E-state index contributed by atoms with van der Waals surface area (Å²) in [6.45, 7) is -0.00991. The zero-order chi connectivity index (χ0) is 9.90. The molecule has 13 heavy (non-hydrogen) atoms. The van der Waals surface area contributed by atoms with Gasteiger partial charge in [-0.2, -0.15) is 0 Å². The fourth-order valence-electron chi connectivity index (χ4n) is 1.25. The quantitative estimate of drug-likeness (QED) is 0.613. The highest BCUT2D eigenvalue weighted by molar-refractivity contribution is 5.69. The Bertz CT molecular complexity index is 293. The normalized spacial score (nSPS) is 11.2. The minimum Gasteiger partial charge on any atom is -0.544 e. The van der Waals surface area contributed by atoms with Crippen LogP contribution in [0.25, 0.3) is 0 Å². The molecule has 1 aromatic carbocycles. The zero-order valence-electron chi connectivity index (χ0n) is 7.86. The third kappa shape index (κ3) is 2.56. The van der Waals surface area contributed by atoms with Crippen LogP contribution in [-0.2, 0) is 4.79 Å². The molecule has 0 bridgehead atoms. The van der Waals surface area contributed by atoms with E-state index in [-0.39, 0.29) is 6.54 Å². The summed E-state index contributed by atoms with van der Waals surface area (Å²) >= 11 is 0. The molecule has 0 spiro atoms.